The average Bonchev–Trinajstić information content (AvgIpc) is 2.36. The number of piperidine rings is 1. The van der Waals surface area contributed by atoms with Gasteiger partial charge >= 0.3 is 6.09 Å². The third-order valence-corrected chi connectivity index (χ3v) is 3.55. The molecule has 0 aromatic heterocycles. The highest BCUT2D eigenvalue weighted by Gasteiger charge is 2.39. The van der Waals surface area contributed by atoms with Gasteiger partial charge in [0.25, 0.3) is 0 Å². The first-order chi connectivity index (χ1) is 8.56. The van der Waals surface area contributed by atoms with Gasteiger partial charge in [0.15, 0.2) is 0 Å². The minimum Gasteiger partial charge on any atom is -0.450 e. The average molecular weight is 258 g/mol. The number of carbonyl (C=O) groups is 1. The summed E-state index contributed by atoms with van der Waals surface area (Å²) in [5.41, 5.74) is -0.695. The van der Waals surface area contributed by atoms with Crippen LogP contribution in [0.4, 0.5) is 4.79 Å². The lowest BCUT2D eigenvalue weighted by Crippen LogP contribution is -2.55. The number of likely N-dealkylation sites (tertiary alicyclic amines) is 1. The molecule has 1 aliphatic heterocycles. The van der Waals surface area contributed by atoms with E-state index in [9.17, 15) is 9.90 Å². The van der Waals surface area contributed by atoms with Gasteiger partial charge in [-0.15, -0.1) is 0 Å². The minimum absolute atomic E-state index is 0.0708. The maximum Gasteiger partial charge on any atom is 0.409 e. The smallest absolute Gasteiger partial charge is 0.409 e. The van der Waals surface area contributed by atoms with E-state index < -0.39 is 5.60 Å². The van der Waals surface area contributed by atoms with Crippen molar-refractivity contribution in [2.75, 3.05) is 26.2 Å². The molecular formula is C13H26N2O3. The van der Waals surface area contributed by atoms with E-state index in [0.29, 0.717) is 32.5 Å². The number of rotatable bonds is 5. The van der Waals surface area contributed by atoms with Crippen molar-refractivity contribution < 1.29 is 14.6 Å². The molecule has 5 heteroatoms. The fourth-order valence-corrected chi connectivity index (χ4v) is 2.49. The number of nitrogens with zero attached hydrogens (tertiary/aromatic N) is 1. The Morgan fingerprint density at radius 1 is 1.50 bits per heavy atom. The van der Waals surface area contributed by atoms with Crippen LogP contribution in [-0.4, -0.2) is 54.0 Å². The van der Waals surface area contributed by atoms with Gasteiger partial charge in [-0.2, -0.15) is 0 Å². The van der Waals surface area contributed by atoms with E-state index in [1.807, 2.05) is 20.8 Å². The largest absolute Gasteiger partial charge is 0.450 e. The second-order valence-electron chi connectivity index (χ2n) is 4.91. The van der Waals surface area contributed by atoms with Gasteiger partial charge in [-0.1, -0.05) is 13.8 Å². The molecule has 2 unspecified atom stereocenters. The highest BCUT2D eigenvalue weighted by atomic mass is 16.6. The number of carbonyl (C=O) groups excluding carboxylic acids is 1. The Labute approximate surface area is 109 Å². The molecule has 0 aromatic carbocycles. The zero-order chi connectivity index (χ0) is 13.6. The van der Waals surface area contributed by atoms with Crippen molar-refractivity contribution in [2.45, 2.75) is 51.7 Å². The number of hydrogen-bond acceptors (Lipinski definition) is 4. The molecular weight excluding hydrogens is 232 g/mol. The Morgan fingerprint density at radius 2 is 2.22 bits per heavy atom. The SMILES string of the molecule is CCNCC1(O)CCN(C(=O)OCC)C(CC)C1. The van der Waals surface area contributed by atoms with Crippen LogP contribution in [0.3, 0.4) is 0 Å². The minimum atomic E-state index is -0.695. The van der Waals surface area contributed by atoms with Gasteiger partial charge in [0.1, 0.15) is 0 Å². The molecule has 1 fully saturated rings. The van der Waals surface area contributed by atoms with Crippen LogP contribution in [-0.2, 0) is 4.74 Å². The molecule has 0 radical (unpaired) electrons. The Bertz CT molecular complexity index is 273. The summed E-state index contributed by atoms with van der Waals surface area (Å²) >= 11 is 0. The van der Waals surface area contributed by atoms with Crippen LogP contribution in [0.25, 0.3) is 0 Å². The molecule has 1 heterocycles. The van der Waals surface area contributed by atoms with Crippen molar-refractivity contribution >= 4 is 6.09 Å². The molecule has 0 aromatic rings. The van der Waals surface area contributed by atoms with Crippen LogP contribution >= 0.6 is 0 Å². The zero-order valence-corrected chi connectivity index (χ0v) is 11.7. The van der Waals surface area contributed by atoms with Gasteiger partial charge in [0.2, 0.25) is 0 Å². The first kappa shape index (κ1) is 15.2. The summed E-state index contributed by atoms with van der Waals surface area (Å²) in [5, 5.41) is 13.7. The van der Waals surface area contributed by atoms with Crippen molar-refractivity contribution in [3.63, 3.8) is 0 Å². The van der Waals surface area contributed by atoms with Gasteiger partial charge in [-0.25, -0.2) is 4.79 Å². The topological polar surface area (TPSA) is 61.8 Å². The van der Waals surface area contributed by atoms with Crippen LogP contribution in [0.5, 0.6) is 0 Å². The summed E-state index contributed by atoms with van der Waals surface area (Å²) in [4.78, 5) is 13.6. The number of aliphatic hydroxyl groups is 1. The van der Waals surface area contributed by atoms with Crippen LogP contribution in [0.1, 0.15) is 40.0 Å². The first-order valence-corrected chi connectivity index (χ1v) is 6.92. The van der Waals surface area contributed by atoms with E-state index in [-0.39, 0.29) is 12.1 Å². The molecule has 2 N–H and O–H groups in total. The van der Waals surface area contributed by atoms with Crippen molar-refractivity contribution in [1.82, 2.24) is 10.2 Å². The molecule has 106 valence electrons. The number of likely N-dealkylation sites (N-methyl/N-ethyl adjacent to an activating group) is 1. The maximum atomic E-state index is 11.8. The Kier molecular flexibility index (Phi) is 5.88. The van der Waals surface area contributed by atoms with Crippen molar-refractivity contribution in [3.05, 3.63) is 0 Å². The molecule has 1 amide bonds. The summed E-state index contributed by atoms with van der Waals surface area (Å²) in [5.74, 6) is 0. The zero-order valence-electron chi connectivity index (χ0n) is 11.7. The van der Waals surface area contributed by atoms with Crippen LogP contribution in [0.15, 0.2) is 0 Å². The van der Waals surface area contributed by atoms with Gasteiger partial charge in [-0.05, 0) is 32.7 Å². The molecule has 0 spiro atoms. The van der Waals surface area contributed by atoms with Crippen LogP contribution in [0, 0.1) is 0 Å². The van der Waals surface area contributed by atoms with E-state index in [2.05, 4.69) is 5.32 Å². The summed E-state index contributed by atoms with van der Waals surface area (Å²) in [7, 11) is 0. The number of ether oxygens (including phenoxy) is 1. The van der Waals surface area contributed by atoms with Crippen molar-refractivity contribution in [3.8, 4) is 0 Å². The predicted molar refractivity (Wildman–Crippen MR) is 70.5 cm³/mol. The molecule has 0 bridgehead atoms. The van der Waals surface area contributed by atoms with Crippen LogP contribution in [0.2, 0.25) is 0 Å². The molecule has 1 saturated heterocycles. The molecule has 0 saturated carbocycles. The lowest BCUT2D eigenvalue weighted by atomic mass is 9.85. The summed E-state index contributed by atoms with van der Waals surface area (Å²) in [6.45, 7) is 8.28. The van der Waals surface area contributed by atoms with Crippen molar-refractivity contribution in [1.29, 1.82) is 0 Å². The third-order valence-electron chi connectivity index (χ3n) is 3.55. The Balaban J connectivity index is 2.61. The predicted octanol–water partition coefficient (Wildman–Crippen LogP) is 1.36. The highest BCUT2D eigenvalue weighted by molar-refractivity contribution is 5.68. The fraction of sp³-hybridized carbons (Fsp3) is 0.923. The maximum absolute atomic E-state index is 11.8. The highest BCUT2D eigenvalue weighted by Crippen LogP contribution is 2.28. The quantitative estimate of drug-likeness (QED) is 0.781. The summed E-state index contributed by atoms with van der Waals surface area (Å²) in [6.07, 6.45) is 1.81. The lowest BCUT2D eigenvalue weighted by molar-refractivity contribution is -0.0426. The first-order valence-electron chi connectivity index (χ1n) is 6.92. The van der Waals surface area contributed by atoms with Gasteiger partial charge in [0, 0.05) is 19.1 Å². The summed E-state index contributed by atoms with van der Waals surface area (Å²) in [6, 6.07) is 0.0708. The van der Waals surface area contributed by atoms with E-state index >= 15 is 0 Å². The van der Waals surface area contributed by atoms with E-state index in [0.717, 1.165) is 13.0 Å². The molecule has 1 aliphatic rings. The van der Waals surface area contributed by atoms with E-state index in [1.165, 1.54) is 0 Å². The molecule has 2 atom stereocenters. The molecule has 0 aliphatic carbocycles. The van der Waals surface area contributed by atoms with Gasteiger partial charge < -0.3 is 20.1 Å². The van der Waals surface area contributed by atoms with Gasteiger partial charge in [0.05, 0.1) is 12.2 Å². The fourth-order valence-electron chi connectivity index (χ4n) is 2.49. The monoisotopic (exact) mass is 258 g/mol. The molecule has 18 heavy (non-hydrogen) atoms. The van der Waals surface area contributed by atoms with Gasteiger partial charge in [-0.3, -0.25) is 0 Å². The normalized spacial score (nSPS) is 28.2. The second kappa shape index (κ2) is 6.95. The third kappa shape index (κ3) is 3.85. The van der Waals surface area contributed by atoms with E-state index in [1.54, 1.807) is 4.90 Å². The van der Waals surface area contributed by atoms with Crippen molar-refractivity contribution in [2.24, 2.45) is 0 Å². The number of nitrogens with one attached hydrogen (secondary N) is 1. The summed E-state index contributed by atoms with van der Waals surface area (Å²) < 4.78 is 5.05. The Morgan fingerprint density at radius 3 is 2.78 bits per heavy atom. The Hall–Kier alpha value is -0.810. The number of hydrogen-bond donors (Lipinski definition) is 2. The van der Waals surface area contributed by atoms with Crippen LogP contribution < -0.4 is 5.32 Å². The standard InChI is InChI=1S/C13H26N2O3/c1-4-11-9-13(17,10-14-5-2)7-8-15(11)12(16)18-6-3/h11,14,17H,4-10H2,1-3H3. The molecule has 1 rings (SSSR count). The number of amides is 1. The molecule has 5 nitrogen and oxygen atoms in total. The van der Waals surface area contributed by atoms with E-state index in [4.69, 9.17) is 4.74 Å². The second-order valence-corrected chi connectivity index (χ2v) is 4.91. The lowest BCUT2D eigenvalue weighted by Gasteiger charge is -2.43.